The summed E-state index contributed by atoms with van der Waals surface area (Å²) in [5.41, 5.74) is 1.03. The molecule has 0 aliphatic rings. The van der Waals surface area contributed by atoms with Gasteiger partial charge in [-0.1, -0.05) is 0 Å². The summed E-state index contributed by atoms with van der Waals surface area (Å²) in [5.74, 6) is 0. The molecule has 4 heteroatoms. The van der Waals surface area contributed by atoms with Gasteiger partial charge in [-0.05, 0) is 12.5 Å². The number of rotatable bonds is 3. The Kier molecular flexibility index (Phi) is 3.28. The summed E-state index contributed by atoms with van der Waals surface area (Å²) in [6.07, 6.45) is 1.25. The van der Waals surface area contributed by atoms with Gasteiger partial charge in [-0.3, -0.25) is 4.98 Å². The Morgan fingerprint density at radius 3 is 2.31 bits per heavy atom. The highest BCUT2D eigenvalue weighted by Gasteiger charge is 2.10. The Morgan fingerprint density at radius 1 is 1.15 bits per heavy atom. The van der Waals surface area contributed by atoms with Crippen LogP contribution in [0, 0.1) is 6.92 Å². The van der Waals surface area contributed by atoms with Gasteiger partial charge in [0.25, 0.3) is 0 Å². The van der Waals surface area contributed by atoms with E-state index in [0.717, 1.165) is 0 Å². The van der Waals surface area contributed by atoms with Crippen molar-refractivity contribution in [2.24, 2.45) is 0 Å². The van der Waals surface area contributed by atoms with Crippen LogP contribution in [0.15, 0.2) is 6.20 Å². The van der Waals surface area contributed by atoms with Gasteiger partial charge in [0, 0.05) is 17.3 Å². The number of aromatic nitrogens is 1. The van der Waals surface area contributed by atoms with Crippen LogP contribution in [0.25, 0.3) is 0 Å². The Bertz CT molecular complexity index is 299. The Labute approximate surface area is 74.6 Å². The van der Waals surface area contributed by atoms with E-state index in [1.165, 1.54) is 6.20 Å². The van der Waals surface area contributed by atoms with E-state index in [-0.39, 0.29) is 11.3 Å². The molecule has 0 fully saturated rings. The smallest absolute Gasteiger partial charge is 0.132 e. The molecule has 0 N–H and O–H groups in total. The van der Waals surface area contributed by atoms with Crippen molar-refractivity contribution in [3.05, 3.63) is 28.6 Å². The normalized spacial score (nSPS) is 10.5. The van der Waals surface area contributed by atoms with Gasteiger partial charge < -0.3 is 0 Å². The van der Waals surface area contributed by atoms with Crippen LogP contribution in [-0.4, -0.2) is 4.98 Å². The van der Waals surface area contributed by atoms with Crippen LogP contribution in [0.5, 0.6) is 0 Å². The molecule has 1 aromatic heterocycles. The average molecular weight is 189 g/mol. The Morgan fingerprint density at radius 2 is 1.85 bits per heavy atom. The van der Waals surface area contributed by atoms with E-state index in [2.05, 4.69) is 4.98 Å². The van der Waals surface area contributed by atoms with E-state index in [1.54, 1.807) is 6.92 Å². The largest absolute Gasteiger partial charge is 0.258 e. The molecule has 0 atom stereocenters. The molecule has 0 saturated carbocycles. The molecule has 0 spiro atoms. The van der Waals surface area contributed by atoms with E-state index in [1.807, 2.05) is 0 Å². The summed E-state index contributed by atoms with van der Waals surface area (Å²) < 4.78 is 37.0. The van der Waals surface area contributed by atoms with Crippen molar-refractivity contribution in [2.75, 3.05) is 0 Å². The molecule has 0 radical (unpaired) electrons. The second-order valence-electron chi connectivity index (χ2n) is 2.73. The third kappa shape index (κ3) is 1.82. The molecule has 0 amide bonds. The third-order valence-corrected chi connectivity index (χ3v) is 2.06. The molecule has 1 heterocycles. The maximum atomic E-state index is 12.4. The third-order valence-electron chi connectivity index (χ3n) is 2.06. The molecule has 72 valence electrons. The zero-order chi connectivity index (χ0) is 9.84. The summed E-state index contributed by atoms with van der Waals surface area (Å²) in [6.45, 7) is -0.734. The number of pyridine rings is 1. The highest BCUT2D eigenvalue weighted by molar-refractivity contribution is 5.34. The Hall–Kier alpha value is -1.06. The van der Waals surface area contributed by atoms with Crippen molar-refractivity contribution >= 4 is 0 Å². The molecule has 13 heavy (non-hydrogen) atoms. The maximum absolute atomic E-state index is 12.4. The average Bonchev–Trinajstić information content (AvgIpc) is 2.17. The van der Waals surface area contributed by atoms with Crippen LogP contribution in [-0.2, 0) is 20.0 Å². The predicted octanol–water partition coefficient (Wildman–Crippen LogP) is 2.80. The number of alkyl halides is 3. The second kappa shape index (κ2) is 4.25. The van der Waals surface area contributed by atoms with Crippen molar-refractivity contribution in [1.82, 2.24) is 4.98 Å². The number of hydrogen-bond acceptors (Lipinski definition) is 1. The topological polar surface area (TPSA) is 12.9 Å². The first-order valence-electron chi connectivity index (χ1n) is 3.88. The van der Waals surface area contributed by atoms with Crippen molar-refractivity contribution in [1.29, 1.82) is 0 Å². The fourth-order valence-electron chi connectivity index (χ4n) is 1.17. The van der Waals surface area contributed by atoms with Crippen LogP contribution >= 0.6 is 0 Å². The van der Waals surface area contributed by atoms with Crippen LogP contribution in [0.4, 0.5) is 13.2 Å². The SMILES string of the molecule is Cc1c(CF)cnc(CF)c1CF. The summed E-state index contributed by atoms with van der Waals surface area (Å²) in [5, 5.41) is 0. The van der Waals surface area contributed by atoms with Gasteiger partial charge in [0.1, 0.15) is 20.0 Å². The highest BCUT2D eigenvalue weighted by Crippen LogP contribution is 2.19. The van der Waals surface area contributed by atoms with Gasteiger partial charge in [0.15, 0.2) is 0 Å². The van der Waals surface area contributed by atoms with E-state index in [0.29, 0.717) is 11.1 Å². The van der Waals surface area contributed by atoms with E-state index < -0.39 is 20.0 Å². The molecular weight excluding hydrogens is 179 g/mol. The van der Waals surface area contributed by atoms with Crippen LogP contribution in [0.1, 0.15) is 22.4 Å². The van der Waals surface area contributed by atoms with Crippen LogP contribution < -0.4 is 0 Å². The van der Waals surface area contributed by atoms with Crippen LogP contribution in [0.2, 0.25) is 0 Å². The fourth-order valence-corrected chi connectivity index (χ4v) is 1.17. The lowest BCUT2D eigenvalue weighted by Gasteiger charge is -2.08. The predicted molar refractivity (Wildman–Crippen MR) is 43.4 cm³/mol. The summed E-state index contributed by atoms with van der Waals surface area (Å²) in [7, 11) is 0. The molecule has 0 aromatic carbocycles. The summed E-state index contributed by atoms with van der Waals surface area (Å²) in [4.78, 5) is 3.64. The lowest BCUT2D eigenvalue weighted by Crippen LogP contribution is -2.01. The molecule has 0 aliphatic heterocycles. The molecular formula is C9H10F3N. The molecule has 0 bridgehead atoms. The zero-order valence-corrected chi connectivity index (χ0v) is 7.28. The molecule has 0 unspecified atom stereocenters. The molecule has 1 nitrogen and oxygen atoms in total. The zero-order valence-electron chi connectivity index (χ0n) is 7.28. The maximum Gasteiger partial charge on any atom is 0.132 e. The van der Waals surface area contributed by atoms with E-state index >= 15 is 0 Å². The highest BCUT2D eigenvalue weighted by atomic mass is 19.1. The molecule has 0 saturated heterocycles. The number of nitrogens with zero attached hydrogens (tertiary/aromatic N) is 1. The molecule has 1 aromatic rings. The molecule has 1 rings (SSSR count). The number of hydrogen-bond donors (Lipinski definition) is 0. The van der Waals surface area contributed by atoms with Crippen molar-refractivity contribution in [2.45, 2.75) is 26.9 Å². The van der Waals surface area contributed by atoms with Gasteiger partial charge >= 0.3 is 0 Å². The minimum atomic E-state index is -0.813. The van der Waals surface area contributed by atoms with E-state index in [9.17, 15) is 13.2 Å². The minimum Gasteiger partial charge on any atom is -0.258 e. The monoisotopic (exact) mass is 189 g/mol. The van der Waals surface area contributed by atoms with Gasteiger partial charge in [0.2, 0.25) is 0 Å². The van der Waals surface area contributed by atoms with Gasteiger partial charge in [-0.15, -0.1) is 0 Å². The Balaban J connectivity index is 3.23. The van der Waals surface area contributed by atoms with Crippen molar-refractivity contribution in [3.63, 3.8) is 0 Å². The van der Waals surface area contributed by atoms with Crippen molar-refractivity contribution < 1.29 is 13.2 Å². The minimum absolute atomic E-state index is 0.0669. The quantitative estimate of drug-likeness (QED) is 0.712. The first-order chi connectivity index (χ1) is 6.24. The lowest BCUT2D eigenvalue weighted by atomic mass is 10.0. The fraction of sp³-hybridized carbons (Fsp3) is 0.444. The summed E-state index contributed by atoms with van der Waals surface area (Å²) in [6, 6.07) is 0. The van der Waals surface area contributed by atoms with Gasteiger partial charge in [-0.2, -0.15) is 0 Å². The van der Waals surface area contributed by atoms with Gasteiger partial charge in [-0.25, -0.2) is 13.2 Å². The van der Waals surface area contributed by atoms with Crippen molar-refractivity contribution in [3.8, 4) is 0 Å². The standard InChI is InChI=1S/C9H10F3N/c1-6-7(2-10)5-13-9(4-12)8(6)3-11/h5H,2-4H2,1H3. The van der Waals surface area contributed by atoms with Gasteiger partial charge in [0.05, 0.1) is 5.69 Å². The van der Waals surface area contributed by atoms with E-state index in [4.69, 9.17) is 0 Å². The molecule has 0 aliphatic carbocycles. The first kappa shape index (κ1) is 10.0. The lowest BCUT2D eigenvalue weighted by molar-refractivity contribution is 0.440. The number of halogens is 3. The summed E-state index contributed by atoms with van der Waals surface area (Å²) >= 11 is 0. The second-order valence-corrected chi connectivity index (χ2v) is 2.73. The first-order valence-corrected chi connectivity index (χ1v) is 3.88. The van der Waals surface area contributed by atoms with Crippen LogP contribution in [0.3, 0.4) is 0 Å².